The van der Waals surface area contributed by atoms with Gasteiger partial charge >= 0.3 is 0 Å². The van der Waals surface area contributed by atoms with Crippen LogP contribution >= 0.6 is 0 Å². The molecule has 0 N–H and O–H groups in total. The maximum Gasteiger partial charge on any atom is 0.226 e. The Hall–Kier alpha value is -1.20. The van der Waals surface area contributed by atoms with Gasteiger partial charge in [0.05, 0.1) is 5.69 Å². The Morgan fingerprint density at radius 3 is 2.42 bits per heavy atom. The van der Waals surface area contributed by atoms with Crippen LogP contribution < -0.4 is 4.90 Å². The van der Waals surface area contributed by atoms with Gasteiger partial charge in [-0.3, -0.25) is 4.90 Å². The predicted molar refractivity (Wildman–Crippen MR) is 99.2 cm³/mol. The van der Waals surface area contributed by atoms with Gasteiger partial charge in [0.2, 0.25) is 5.95 Å². The second-order valence-corrected chi connectivity index (χ2v) is 8.28. The lowest BCUT2D eigenvalue weighted by Crippen LogP contribution is -2.56. The first-order chi connectivity index (χ1) is 11.4. The number of hydrogen-bond donors (Lipinski definition) is 0. The van der Waals surface area contributed by atoms with Crippen LogP contribution in [0.4, 0.5) is 5.95 Å². The Labute approximate surface area is 147 Å². The van der Waals surface area contributed by atoms with Crippen molar-refractivity contribution in [3.63, 3.8) is 0 Å². The molecule has 2 aliphatic rings. The molecule has 1 aromatic rings. The summed E-state index contributed by atoms with van der Waals surface area (Å²) in [5.41, 5.74) is 1.13. The van der Waals surface area contributed by atoms with Crippen LogP contribution in [0.15, 0.2) is 12.3 Å². The summed E-state index contributed by atoms with van der Waals surface area (Å²) in [6.07, 6.45) is 4.48. The Kier molecular flexibility index (Phi) is 5.40. The smallest absolute Gasteiger partial charge is 0.226 e. The van der Waals surface area contributed by atoms with E-state index in [1.165, 1.54) is 12.8 Å². The Morgan fingerprint density at radius 2 is 1.83 bits per heavy atom. The Balaban J connectivity index is 1.71. The van der Waals surface area contributed by atoms with Gasteiger partial charge in [0.25, 0.3) is 0 Å². The van der Waals surface area contributed by atoms with Gasteiger partial charge in [-0.2, -0.15) is 0 Å². The first-order valence-corrected chi connectivity index (χ1v) is 9.47. The summed E-state index contributed by atoms with van der Waals surface area (Å²) in [7, 11) is 2.17. The molecule has 5 nitrogen and oxygen atoms in total. The Bertz CT molecular complexity index is 530. The molecule has 2 atom stereocenters. The van der Waals surface area contributed by atoms with E-state index in [0.29, 0.717) is 24.0 Å². The van der Waals surface area contributed by atoms with Gasteiger partial charge in [-0.15, -0.1) is 0 Å². The molecule has 0 amide bonds. The fraction of sp³-hybridized carbons (Fsp3) is 0.789. The highest BCUT2D eigenvalue weighted by Gasteiger charge is 2.41. The second kappa shape index (κ2) is 7.36. The van der Waals surface area contributed by atoms with E-state index in [2.05, 4.69) is 60.5 Å². The quantitative estimate of drug-likeness (QED) is 0.801. The highest BCUT2D eigenvalue weighted by atomic mass is 15.4. The molecule has 0 aromatic carbocycles. The van der Waals surface area contributed by atoms with Crippen LogP contribution in [-0.4, -0.2) is 64.6 Å². The number of nitrogens with zero attached hydrogens (tertiary/aromatic N) is 5. The minimum atomic E-state index is 0.579. The van der Waals surface area contributed by atoms with Crippen molar-refractivity contribution in [2.45, 2.75) is 65.2 Å². The van der Waals surface area contributed by atoms with E-state index >= 15 is 0 Å². The summed E-state index contributed by atoms with van der Waals surface area (Å²) in [6.45, 7) is 13.4. The van der Waals surface area contributed by atoms with Gasteiger partial charge < -0.3 is 9.80 Å². The summed E-state index contributed by atoms with van der Waals surface area (Å²) >= 11 is 0. The minimum absolute atomic E-state index is 0.579. The van der Waals surface area contributed by atoms with Gasteiger partial charge in [0.1, 0.15) is 0 Å². The van der Waals surface area contributed by atoms with Crippen LogP contribution in [-0.2, 0) is 6.54 Å². The highest BCUT2D eigenvalue weighted by Crippen LogP contribution is 2.33. The van der Waals surface area contributed by atoms with Crippen molar-refractivity contribution in [1.29, 1.82) is 0 Å². The zero-order valence-electron chi connectivity index (χ0n) is 15.9. The Morgan fingerprint density at radius 1 is 1.17 bits per heavy atom. The fourth-order valence-electron chi connectivity index (χ4n) is 4.25. The van der Waals surface area contributed by atoms with Gasteiger partial charge in [-0.1, -0.05) is 13.8 Å². The highest BCUT2D eigenvalue weighted by molar-refractivity contribution is 5.38. The number of hydrogen-bond acceptors (Lipinski definition) is 5. The summed E-state index contributed by atoms with van der Waals surface area (Å²) in [4.78, 5) is 17.0. The molecule has 2 unspecified atom stereocenters. The van der Waals surface area contributed by atoms with E-state index in [0.717, 1.165) is 37.8 Å². The first-order valence-electron chi connectivity index (χ1n) is 9.47. The summed E-state index contributed by atoms with van der Waals surface area (Å²) in [6, 6.07) is 3.85. The summed E-state index contributed by atoms with van der Waals surface area (Å²) in [5, 5.41) is 0. The van der Waals surface area contributed by atoms with Gasteiger partial charge in [-0.25, -0.2) is 9.97 Å². The van der Waals surface area contributed by atoms with Crippen molar-refractivity contribution in [2.75, 3.05) is 31.6 Å². The standard InChI is InChI=1S/C19H33N5/c1-14(2)10-22(5)11-16-8-9-20-19(21-16)24-17-6-7-18(24)13-23(12-17)15(3)4/h8-9,14-15,17-18H,6-7,10-13H2,1-5H3. The van der Waals surface area contributed by atoms with Crippen LogP contribution in [0.25, 0.3) is 0 Å². The van der Waals surface area contributed by atoms with E-state index in [1.807, 2.05) is 6.20 Å². The van der Waals surface area contributed by atoms with E-state index in [4.69, 9.17) is 4.98 Å². The fourth-order valence-corrected chi connectivity index (χ4v) is 4.25. The number of likely N-dealkylation sites (tertiary alicyclic amines) is 1. The van der Waals surface area contributed by atoms with Crippen molar-refractivity contribution >= 4 is 5.95 Å². The largest absolute Gasteiger partial charge is 0.332 e. The average molecular weight is 332 g/mol. The van der Waals surface area contributed by atoms with Gasteiger partial charge in [0, 0.05) is 50.5 Å². The molecule has 134 valence electrons. The van der Waals surface area contributed by atoms with Crippen molar-refractivity contribution < 1.29 is 0 Å². The molecule has 0 aliphatic carbocycles. The molecular formula is C19H33N5. The van der Waals surface area contributed by atoms with Crippen molar-refractivity contribution in [3.05, 3.63) is 18.0 Å². The lowest BCUT2D eigenvalue weighted by Gasteiger charge is -2.42. The average Bonchev–Trinajstić information content (AvgIpc) is 2.76. The molecule has 2 bridgehead atoms. The topological polar surface area (TPSA) is 35.5 Å². The number of piperazine rings is 1. The van der Waals surface area contributed by atoms with Gasteiger partial charge in [-0.05, 0) is 45.7 Å². The summed E-state index contributed by atoms with van der Waals surface area (Å²) in [5.74, 6) is 1.62. The predicted octanol–water partition coefficient (Wildman–Crippen LogP) is 2.63. The molecule has 2 saturated heterocycles. The number of aromatic nitrogens is 2. The van der Waals surface area contributed by atoms with Crippen LogP contribution in [0.5, 0.6) is 0 Å². The van der Waals surface area contributed by atoms with Crippen LogP contribution in [0.1, 0.15) is 46.2 Å². The van der Waals surface area contributed by atoms with Crippen LogP contribution in [0, 0.1) is 5.92 Å². The molecule has 3 heterocycles. The van der Waals surface area contributed by atoms with Gasteiger partial charge in [0.15, 0.2) is 0 Å². The van der Waals surface area contributed by atoms with E-state index in [-0.39, 0.29) is 0 Å². The molecule has 5 heteroatoms. The number of rotatable bonds is 6. The first kappa shape index (κ1) is 17.6. The molecule has 0 saturated carbocycles. The molecule has 24 heavy (non-hydrogen) atoms. The van der Waals surface area contributed by atoms with Crippen molar-refractivity contribution in [3.8, 4) is 0 Å². The lowest BCUT2D eigenvalue weighted by atomic mass is 10.1. The molecule has 1 aromatic heterocycles. The van der Waals surface area contributed by atoms with Crippen LogP contribution in [0.2, 0.25) is 0 Å². The zero-order valence-corrected chi connectivity index (χ0v) is 15.9. The molecule has 0 radical (unpaired) electrons. The molecule has 0 spiro atoms. The van der Waals surface area contributed by atoms with E-state index < -0.39 is 0 Å². The van der Waals surface area contributed by atoms with Crippen molar-refractivity contribution in [1.82, 2.24) is 19.8 Å². The molecule has 2 aliphatic heterocycles. The molecule has 3 rings (SSSR count). The maximum absolute atomic E-state index is 4.91. The maximum atomic E-state index is 4.91. The SMILES string of the molecule is CC(C)CN(C)Cc1ccnc(N2C3CCC2CN(C(C)C)C3)n1. The molecular weight excluding hydrogens is 298 g/mol. The zero-order chi connectivity index (χ0) is 17.3. The molecule has 2 fully saturated rings. The van der Waals surface area contributed by atoms with E-state index in [9.17, 15) is 0 Å². The van der Waals surface area contributed by atoms with Crippen LogP contribution in [0.3, 0.4) is 0 Å². The third kappa shape index (κ3) is 3.89. The van der Waals surface area contributed by atoms with E-state index in [1.54, 1.807) is 0 Å². The van der Waals surface area contributed by atoms with Crippen molar-refractivity contribution in [2.24, 2.45) is 5.92 Å². The number of anilines is 1. The summed E-state index contributed by atoms with van der Waals surface area (Å²) < 4.78 is 0. The second-order valence-electron chi connectivity index (χ2n) is 8.28. The normalized spacial score (nSPS) is 24.6. The third-order valence-corrected chi connectivity index (χ3v) is 5.28. The minimum Gasteiger partial charge on any atom is -0.332 e. The lowest BCUT2D eigenvalue weighted by molar-refractivity contribution is 0.176. The number of fused-ring (bicyclic) bond motifs is 2. The monoisotopic (exact) mass is 331 g/mol. The third-order valence-electron chi connectivity index (χ3n) is 5.28.